The Morgan fingerprint density at radius 2 is 2.03 bits per heavy atom. The summed E-state index contributed by atoms with van der Waals surface area (Å²) in [5.41, 5.74) is 2.95. The van der Waals surface area contributed by atoms with Gasteiger partial charge in [-0.05, 0) is 50.8 Å². The molecule has 1 aromatic carbocycles. The summed E-state index contributed by atoms with van der Waals surface area (Å²) in [6, 6.07) is 6.26. The number of aromatic nitrogens is 1. The van der Waals surface area contributed by atoms with E-state index in [0.29, 0.717) is 24.0 Å². The number of likely N-dealkylation sites (tertiary alicyclic amines) is 1. The van der Waals surface area contributed by atoms with Crippen molar-refractivity contribution >= 4 is 28.3 Å². The van der Waals surface area contributed by atoms with Crippen LogP contribution in [0.2, 0.25) is 0 Å². The first-order valence-corrected chi connectivity index (χ1v) is 11.2. The van der Waals surface area contributed by atoms with Gasteiger partial charge in [-0.25, -0.2) is 4.98 Å². The summed E-state index contributed by atoms with van der Waals surface area (Å²) in [6.45, 7) is 8.19. The van der Waals surface area contributed by atoms with Crippen molar-refractivity contribution in [3.63, 3.8) is 0 Å². The highest BCUT2D eigenvalue weighted by molar-refractivity contribution is 7.13. The lowest BCUT2D eigenvalue weighted by Crippen LogP contribution is -2.42. The third-order valence-electron chi connectivity index (χ3n) is 4.97. The van der Waals surface area contributed by atoms with E-state index in [1.807, 2.05) is 0 Å². The number of carbonyl (C=O) groups is 2. The molecule has 0 saturated carbocycles. The Balaban J connectivity index is 1.41. The van der Waals surface area contributed by atoms with Crippen LogP contribution in [0.5, 0.6) is 5.75 Å². The monoisotopic (exact) mass is 431 g/mol. The number of anilines is 1. The van der Waals surface area contributed by atoms with E-state index in [2.05, 4.69) is 47.2 Å². The zero-order chi connectivity index (χ0) is 21.5. The zero-order valence-corrected chi connectivity index (χ0v) is 18.6. The van der Waals surface area contributed by atoms with Crippen molar-refractivity contribution in [3.8, 4) is 5.75 Å². The quantitative estimate of drug-likeness (QED) is 0.646. The predicted molar refractivity (Wildman–Crippen MR) is 117 cm³/mol. The molecule has 30 heavy (non-hydrogen) atoms. The van der Waals surface area contributed by atoms with E-state index in [1.165, 1.54) is 16.9 Å². The number of carbonyl (C=O) groups excluding carboxylic acids is 2. The number of thiazole rings is 1. The Kier molecular flexibility index (Phi) is 7.81. The van der Waals surface area contributed by atoms with Crippen LogP contribution < -0.4 is 10.1 Å². The molecule has 3 rings (SSSR count). The second kappa shape index (κ2) is 10.5. The standard InChI is InChI=1S/C22H29N3O4S/c1-4-28-21(27)12-17-14-30-22(23-17)24-20(26)13-25-9-7-18(8-10-25)29-19-11-15(2)5-6-16(19)3/h5-6,11,14,18H,4,7-10,12-13H2,1-3H3,(H,23,24,26). The number of nitrogens with zero attached hydrogens (tertiary/aromatic N) is 2. The molecule has 1 aromatic heterocycles. The van der Waals surface area contributed by atoms with Crippen molar-refractivity contribution in [1.82, 2.24) is 9.88 Å². The van der Waals surface area contributed by atoms with E-state index >= 15 is 0 Å². The van der Waals surface area contributed by atoms with Crippen LogP contribution in [0.3, 0.4) is 0 Å². The molecule has 2 aromatic rings. The lowest BCUT2D eigenvalue weighted by atomic mass is 10.1. The first kappa shape index (κ1) is 22.2. The number of hydrogen-bond acceptors (Lipinski definition) is 7. The molecule has 8 heteroatoms. The average molecular weight is 432 g/mol. The maximum absolute atomic E-state index is 12.4. The fraction of sp³-hybridized carbons (Fsp3) is 0.500. The second-order valence-electron chi connectivity index (χ2n) is 7.54. The van der Waals surface area contributed by atoms with Gasteiger partial charge in [0.2, 0.25) is 5.91 Å². The predicted octanol–water partition coefficient (Wildman–Crippen LogP) is 3.35. The molecule has 2 heterocycles. The molecule has 1 N–H and O–H groups in total. The molecule has 1 saturated heterocycles. The number of ether oxygens (including phenoxy) is 2. The summed E-state index contributed by atoms with van der Waals surface area (Å²) in [5.74, 6) is 0.543. The van der Waals surface area contributed by atoms with Gasteiger partial charge in [0.25, 0.3) is 0 Å². The molecule has 0 spiro atoms. The summed E-state index contributed by atoms with van der Waals surface area (Å²) >= 11 is 1.31. The van der Waals surface area contributed by atoms with Gasteiger partial charge < -0.3 is 14.8 Å². The number of rotatable bonds is 8. The molecular weight excluding hydrogens is 402 g/mol. The van der Waals surface area contributed by atoms with Crippen LogP contribution in [0.1, 0.15) is 36.6 Å². The van der Waals surface area contributed by atoms with Crippen molar-refractivity contribution in [2.24, 2.45) is 0 Å². The summed E-state index contributed by atoms with van der Waals surface area (Å²) in [6.07, 6.45) is 2.08. The van der Waals surface area contributed by atoms with E-state index in [4.69, 9.17) is 9.47 Å². The Morgan fingerprint density at radius 3 is 2.77 bits per heavy atom. The maximum Gasteiger partial charge on any atom is 0.311 e. The Bertz CT molecular complexity index is 875. The molecule has 0 unspecified atom stereocenters. The fourth-order valence-corrected chi connectivity index (χ4v) is 4.09. The summed E-state index contributed by atoms with van der Waals surface area (Å²) < 4.78 is 11.1. The number of esters is 1. The van der Waals surface area contributed by atoms with E-state index in [9.17, 15) is 9.59 Å². The largest absolute Gasteiger partial charge is 0.490 e. The van der Waals surface area contributed by atoms with Crippen molar-refractivity contribution in [3.05, 3.63) is 40.4 Å². The van der Waals surface area contributed by atoms with Gasteiger partial charge in [-0.3, -0.25) is 14.5 Å². The zero-order valence-electron chi connectivity index (χ0n) is 17.8. The topological polar surface area (TPSA) is 80.8 Å². The number of nitrogens with one attached hydrogen (secondary N) is 1. The van der Waals surface area contributed by atoms with Gasteiger partial charge in [0, 0.05) is 18.5 Å². The highest BCUT2D eigenvalue weighted by Gasteiger charge is 2.23. The van der Waals surface area contributed by atoms with Crippen LogP contribution in [-0.2, 0) is 20.7 Å². The minimum Gasteiger partial charge on any atom is -0.490 e. The van der Waals surface area contributed by atoms with E-state index in [0.717, 1.165) is 37.2 Å². The Morgan fingerprint density at radius 1 is 1.27 bits per heavy atom. The molecule has 1 aliphatic rings. The summed E-state index contributed by atoms with van der Waals surface area (Å²) in [5, 5.41) is 5.10. The van der Waals surface area contributed by atoms with Crippen molar-refractivity contribution in [1.29, 1.82) is 0 Å². The smallest absolute Gasteiger partial charge is 0.311 e. The normalized spacial score (nSPS) is 15.0. The maximum atomic E-state index is 12.4. The molecule has 1 fully saturated rings. The molecule has 0 bridgehead atoms. The summed E-state index contributed by atoms with van der Waals surface area (Å²) in [4.78, 5) is 30.3. The van der Waals surface area contributed by atoms with Crippen LogP contribution in [0.25, 0.3) is 0 Å². The highest BCUT2D eigenvalue weighted by atomic mass is 32.1. The highest BCUT2D eigenvalue weighted by Crippen LogP contribution is 2.24. The van der Waals surface area contributed by atoms with Gasteiger partial charge in [-0.15, -0.1) is 11.3 Å². The van der Waals surface area contributed by atoms with E-state index < -0.39 is 0 Å². The van der Waals surface area contributed by atoms with Gasteiger partial charge >= 0.3 is 5.97 Å². The lowest BCUT2D eigenvalue weighted by molar-refractivity contribution is -0.142. The molecule has 0 atom stereocenters. The number of hydrogen-bond donors (Lipinski definition) is 1. The number of aryl methyl sites for hydroxylation is 2. The summed E-state index contributed by atoms with van der Waals surface area (Å²) in [7, 11) is 0. The van der Waals surface area contributed by atoms with Crippen LogP contribution in [0.15, 0.2) is 23.6 Å². The van der Waals surface area contributed by atoms with Gasteiger partial charge in [-0.2, -0.15) is 0 Å². The first-order chi connectivity index (χ1) is 14.4. The van der Waals surface area contributed by atoms with Crippen LogP contribution in [0, 0.1) is 13.8 Å². The third-order valence-corrected chi connectivity index (χ3v) is 5.77. The SMILES string of the molecule is CCOC(=O)Cc1csc(NC(=O)CN2CCC(Oc3cc(C)ccc3C)CC2)n1. The Labute approximate surface area is 181 Å². The Hall–Kier alpha value is -2.45. The second-order valence-corrected chi connectivity index (χ2v) is 8.39. The first-order valence-electron chi connectivity index (χ1n) is 10.3. The molecule has 7 nitrogen and oxygen atoms in total. The fourth-order valence-electron chi connectivity index (χ4n) is 3.37. The van der Waals surface area contributed by atoms with Crippen LogP contribution in [0.4, 0.5) is 5.13 Å². The van der Waals surface area contributed by atoms with Gasteiger partial charge in [0.05, 0.1) is 25.3 Å². The van der Waals surface area contributed by atoms with Crippen molar-refractivity contribution in [2.45, 2.75) is 46.1 Å². The van der Waals surface area contributed by atoms with Crippen LogP contribution >= 0.6 is 11.3 Å². The van der Waals surface area contributed by atoms with Crippen molar-refractivity contribution in [2.75, 3.05) is 31.6 Å². The average Bonchev–Trinajstić information content (AvgIpc) is 3.13. The van der Waals surface area contributed by atoms with Gasteiger partial charge in [0.1, 0.15) is 11.9 Å². The number of piperidine rings is 1. The number of benzene rings is 1. The molecule has 162 valence electrons. The van der Waals surface area contributed by atoms with Gasteiger partial charge in [0.15, 0.2) is 5.13 Å². The minimum atomic E-state index is -0.313. The molecule has 0 radical (unpaired) electrons. The minimum absolute atomic E-state index is 0.0964. The van der Waals surface area contributed by atoms with E-state index in [1.54, 1.807) is 12.3 Å². The molecular formula is C22H29N3O4S. The molecule has 0 aliphatic carbocycles. The third kappa shape index (κ3) is 6.53. The lowest BCUT2D eigenvalue weighted by Gasteiger charge is -2.32. The van der Waals surface area contributed by atoms with Crippen LogP contribution in [-0.4, -0.2) is 54.1 Å². The van der Waals surface area contributed by atoms with Crippen molar-refractivity contribution < 1.29 is 19.1 Å². The molecule has 1 amide bonds. The van der Waals surface area contributed by atoms with Gasteiger partial charge in [-0.1, -0.05) is 12.1 Å². The van der Waals surface area contributed by atoms with E-state index in [-0.39, 0.29) is 24.4 Å². The molecule has 1 aliphatic heterocycles. The number of amides is 1.